The Labute approximate surface area is 195 Å². The number of benzene rings is 2. The zero-order valence-electron chi connectivity index (χ0n) is 17.7. The van der Waals surface area contributed by atoms with Crippen LogP contribution >= 0.6 is 23.1 Å². The molecule has 0 aliphatic carbocycles. The fraction of sp³-hybridized carbons (Fsp3) is 0.250. The van der Waals surface area contributed by atoms with E-state index in [-0.39, 0.29) is 22.2 Å². The number of carbonyl (C=O) groups is 1. The molecular weight excluding hydrogens is 470 g/mol. The maximum atomic E-state index is 12.5. The third-order valence-electron chi connectivity index (χ3n) is 4.24. The van der Waals surface area contributed by atoms with Crippen LogP contribution in [-0.4, -0.2) is 55.8 Å². The highest BCUT2D eigenvalue weighted by molar-refractivity contribution is 8.01. The van der Waals surface area contributed by atoms with E-state index in [4.69, 9.17) is 4.74 Å². The Bertz CT molecular complexity index is 1170. The van der Waals surface area contributed by atoms with Crippen molar-refractivity contribution >= 4 is 49.8 Å². The van der Waals surface area contributed by atoms with Gasteiger partial charge in [-0.2, -0.15) is 0 Å². The van der Waals surface area contributed by atoms with E-state index in [2.05, 4.69) is 20.8 Å². The van der Waals surface area contributed by atoms with Gasteiger partial charge < -0.3 is 15.4 Å². The number of hydrogen-bond donors (Lipinski definition) is 2. The molecule has 1 aromatic heterocycles. The van der Waals surface area contributed by atoms with E-state index >= 15 is 0 Å². The Balaban J connectivity index is 1.58. The minimum absolute atomic E-state index is 0.0597. The maximum absolute atomic E-state index is 12.5. The molecule has 1 amide bonds. The van der Waals surface area contributed by atoms with Crippen molar-refractivity contribution in [1.82, 2.24) is 14.5 Å². The number of anilines is 2. The second-order valence-corrected chi connectivity index (χ2v) is 11.1. The lowest BCUT2D eigenvalue weighted by atomic mass is 10.2. The molecule has 0 aliphatic rings. The van der Waals surface area contributed by atoms with Gasteiger partial charge in [0.05, 0.1) is 23.4 Å². The third-order valence-corrected chi connectivity index (χ3v) is 8.07. The van der Waals surface area contributed by atoms with Crippen molar-refractivity contribution in [3.63, 3.8) is 0 Å². The van der Waals surface area contributed by atoms with E-state index in [1.807, 2.05) is 30.3 Å². The van der Waals surface area contributed by atoms with Crippen molar-refractivity contribution in [2.24, 2.45) is 0 Å². The van der Waals surface area contributed by atoms with Gasteiger partial charge >= 0.3 is 0 Å². The first-order chi connectivity index (χ1) is 15.3. The molecule has 0 atom stereocenters. The van der Waals surface area contributed by atoms with Gasteiger partial charge in [0, 0.05) is 20.6 Å². The highest BCUT2D eigenvalue weighted by atomic mass is 32.2. The number of amides is 1. The largest absolute Gasteiger partial charge is 0.495 e. The molecule has 0 saturated carbocycles. The van der Waals surface area contributed by atoms with Gasteiger partial charge in [-0.3, -0.25) is 4.79 Å². The lowest BCUT2D eigenvalue weighted by molar-refractivity contribution is -0.113. The predicted octanol–water partition coefficient (Wildman–Crippen LogP) is 3.14. The summed E-state index contributed by atoms with van der Waals surface area (Å²) in [4.78, 5) is 12.5. The molecule has 0 unspecified atom stereocenters. The number of aromatic nitrogens is 2. The van der Waals surface area contributed by atoms with Crippen LogP contribution < -0.4 is 15.4 Å². The summed E-state index contributed by atoms with van der Waals surface area (Å²) >= 11 is 2.60. The molecule has 0 bridgehead atoms. The predicted molar refractivity (Wildman–Crippen MR) is 127 cm³/mol. The quantitative estimate of drug-likeness (QED) is 0.414. The lowest BCUT2D eigenvalue weighted by Gasteiger charge is -2.15. The minimum Gasteiger partial charge on any atom is -0.495 e. The molecule has 0 fully saturated rings. The molecule has 32 heavy (non-hydrogen) atoms. The minimum atomic E-state index is -3.64. The lowest BCUT2D eigenvalue weighted by Crippen LogP contribution is -2.22. The summed E-state index contributed by atoms with van der Waals surface area (Å²) in [5.41, 5.74) is 1.41. The number of methoxy groups -OCH3 is 1. The van der Waals surface area contributed by atoms with Gasteiger partial charge in [0.15, 0.2) is 4.34 Å². The Hall–Kier alpha value is -2.67. The molecule has 9 nitrogen and oxygen atoms in total. The zero-order valence-corrected chi connectivity index (χ0v) is 20.2. The fourth-order valence-electron chi connectivity index (χ4n) is 2.58. The highest BCUT2D eigenvalue weighted by Gasteiger charge is 2.20. The maximum Gasteiger partial charge on any atom is 0.242 e. The number of carbonyl (C=O) groups excluding carboxylic acids is 1. The summed E-state index contributed by atoms with van der Waals surface area (Å²) < 4.78 is 31.7. The molecule has 2 aromatic carbocycles. The third kappa shape index (κ3) is 6.19. The van der Waals surface area contributed by atoms with Crippen molar-refractivity contribution in [2.75, 3.05) is 37.6 Å². The van der Waals surface area contributed by atoms with Crippen LogP contribution in [0.5, 0.6) is 5.75 Å². The zero-order chi connectivity index (χ0) is 23.1. The first-order valence-electron chi connectivity index (χ1n) is 9.44. The molecular formula is C20H23N5O4S3. The molecule has 3 aromatic rings. The number of thioether (sulfide) groups is 1. The summed E-state index contributed by atoms with van der Waals surface area (Å²) in [6.07, 6.45) is 0. The summed E-state index contributed by atoms with van der Waals surface area (Å²) in [6.45, 7) is 0.632. The molecule has 12 heteroatoms. The first kappa shape index (κ1) is 24.0. The van der Waals surface area contributed by atoms with Crippen LogP contribution in [0.15, 0.2) is 57.8 Å². The van der Waals surface area contributed by atoms with Gasteiger partial charge in [-0.1, -0.05) is 53.4 Å². The number of nitrogens with one attached hydrogen (secondary N) is 2. The SMILES string of the molecule is COc1ccc(S(=O)(=O)N(C)C)cc1NC(=O)CSc1nnc(NCc2ccccc2)s1. The molecule has 0 saturated heterocycles. The van der Waals surface area contributed by atoms with Gasteiger partial charge in [-0.05, 0) is 23.8 Å². The van der Waals surface area contributed by atoms with E-state index in [1.54, 1.807) is 0 Å². The molecule has 2 N–H and O–H groups in total. The van der Waals surface area contributed by atoms with Gasteiger partial charge in [0.1, 0.15) is 5.75 Å². The number of sulfonamides is 1. The van der Waals surface area contributed by atoms with Crippen LogP contribution in [0.1, 0.15) is 5.56 Å². The molecule has 3 rings (SSSR count). The van der Waals surface area contributed by atoms with Crippen LogP contribution in [0.2, 0.25) is 0 Å². The smallest absolute Gasteiger partial charge is 0.242 e. The average Bonchev–Trinajstić information content (AvgIpc) is 3.25. The Morgan fingerprint density at radius 2 is 1.91 bits per heavy atom. The number of rotatable bonds is 10. The van der Waals surface area contributed by atoms with Crippen molar-refractivity contribution < 1.29 is 17.9 Å². The van der Waals surface area contributed by atoms with Crippen molar-refractivity contribution in [3.8, 4) is 5.75 Å². The van der Waals surface area contributed by atoms with Crippen LogP contribution in [0, 0.1) is 0 Å². The Morgan fingerprint density at radius 1 is 1.16 bits per heavy atom. The van der Waals surface area contributed by atoms with Crippen molar-refractivity contribution in [1.29, 1.82) is 0 Å². The topological polar surface area (TPSA) is 114 Å². The monoisotopic (exact) mass is 493 g/mol. The number of ether oxygens (including phenoxy) is 1. The van der Waals surface area contributed by atoms with E-state index in [1.165, 1.54) is 62.5 Å². The van der Waals surface area contributed by atoms with E-state index in [0.29, 0.717) is 21.8 Å². The molecule has 0 radical (unpaired) electrons. The summed E-state index contributed by atoms with van der Waals surface area (Å²) in [5, 5.41) is 14.8. The van der Waals surface area contributed by atoms with Gasteiger partial charge in [-0.15, -0.1) is 10.2 Å². The second kappa shape index (κ2) is 10.8. The highest BCUT2D eigenvalue weighted by Crippen LogP contribution is 2.30. The van der Waals surface area contributed by atoms with E-state index < -0.39 is 10.0 Å². The molecule has 0 spiro atoms. The summed E-state index contributed by atoms with van der Waals surface area (Å²) in [5.74, 6) is 0.132. The van der Waals surface area contributed by atoms with Crippen molar-refractivity contribution in [2.45, 2.75) is 15.8 Å². The van der Waals surface area contributed by atoms with Crippen LogP contribution in [0.25, 0.3) is 0 Å². The van der Waals surface area contributed by atoms with Crippen LogP contribution in [0.3, 0.4) is 0 Å². The standard InChI is InChI=1S/C20H23N5O4S3/c1-25(2)32(27,28)15-9-10-17(29-3)16(11-15)22-18(26)13-30-20-24-23-19(31-20)21-12-14-7-5-4-6-8-14/h4-11H,12-13H2,1-3H3,(H,21,23)(H,22,26). The Morgan fingerprint density at radius 3 is 2.59 bits per heavy atom. The fourth-order valence-corrected chi connectivity index (χ4v) is 5.06. The molecule has 170 valence electrons. The van der Waals surface area contributed by atoms with Crippen molar-refractivity contribution in [3.05, 3.63) is 54.1 Å². The summed E-state index contributed by atoms with van der Waals surface area (Å²) in [6, 6.07) is 14.3. The van der Waals surface area contributed by atoms with E-state index in [9.17, 15) is 13.2 Å². The first-order valence-corrected chi connectivity index (χ1v) is 12.7. The van der Waals surface area contributed by atoms with E-state index in [0.717, 1.165) is 9.87 Å². The average molecular weight is 494 g/mol. The molecule has 1 heterocycles. The van der Waals surface area contributed by atoms with Crippen LogP contribution in [-0.2, 0) is 21.4 Å². The number of hydrogen-bond acceptors (Lipinski definition) is 9. The normalized spacial score (nSPS) is 11.4. The Kier molecular flexibility index (Phi) is 8.07. The van der Waals surface area contributed by atoms with Crippen LogP contribution in [0.4, 0.5) is 10.8 Å². The second-order valence-electron chi connectivity index (χ2n) is 6.70. The van der Waals surface area contributed by atoms with Gasteiger partial charge in [-0.25, -0.2) is 12.7 Å². The number of nitrogens with zero attached hydrogens (tertiary/aromatic N) is 3. The molecule has 0 aliphatic heterocycles. The van der Waals surface area contributed by atoms with Gasteiger partial charge in [0.2, 0.25) is 21.1 Å². The summed E-state index contributed by atoms with van der Waals surface area (Å²) in [7, 11) is 0.697. The van der Waals surface area contributed by atoms with Gasteiger partial charge in [0.25, 0.3) is 0 Å².